The highest BCUT2D eigenvalue weighted by Gasteiger charge is 2.46. The molecule has 2 heterocycles. The number of hydrogen-bond donors (Lipinski definition) is 4. The van der Waals surface area contributed by atoms with Gasteiger partial charge in [-0.05, 0) is 68.6 Å². The van der Waals surface area contributed by atoms with Gasteiger partial charge in [0.15, 0.2) is 9.84 Å². The lowest BCUT2D eigenvalue weighted by atomic mass is 9.93. The third-order valence-electron chi connectivity index (χ3n) is 7.39. The number of carboxylic acid groups (broad SMARTS) is 2. The largest absolute Gasteiger partial charge is 0.490 e. The van der Waals surface area contributed by atoms with E-state index in [4.69, 9.17) is 29.7 Å². The summed E-state index contributed by atoms with van der Waals surface area (Å²) in [5.41, 5.74) is 3.65. The molecule has 51 heavy (non-hydrogen) atoms. The Hall–Kier alpha value is -4.49. The molecule has 1 amide bonds. The molecular formula is C32H37F6N3O9S. The number of carbonyl (C=O) groups excluding carboxylic acids is 1. The number of sulfone groups is 1. The topological polar surface area (TPSA) is 183 Å². The number of pyridine rings is 1. The van der Waals surface area contributed by atoms with Gasteiger partial charge in [-0.2, -0.15) is 26.3 Å². The molecule has 0 aliphatic carbocycles. The first-order chi connectivity index (χ1) is 23.5. The molecule has 4 rings (SSSR count). The van der Waals surface area contributed by atoms with Crippen LogP contribution < -0.4 is 10.2 Å². The predicted octanol–water partition coefficient (Wildman–Crippen LogP) is 5.55. The van der Waals surface area contributed by atoms with Crippen LogP contribution in [-0.4, -0.2) is 88.3 Å². The zero-order chi connectivity index (χ0) is 38.8. The smallest absolute Gasteiger partial charge is 0.489 e. The lowest BCUT2D eigenvalue weighted by Crippen LogP contribution is -2.52. The van der Waals surface area contributed by atoms with Crippen LogP contribution in [-0.2, 0) is 30.8 Å². The second-order valence-electron chi connectivity index (χ2n) is 11.9. The summed E-state index contributed by atoms with van der Waals surface area (Å²) in [5, 5.41) is 24.4. The van der Waals surface area contributed by atoms with Crippen molar-refractivity contribution < 1.29 is 69.3 Å². The molecule has 1 atom stereocenters. The maximum atomic E-state index is 13.5. The Balaban J connectivity index is 0.000000543. The Morgan fingerprint density at radius 1 is 0.980 bits per heavy atom. The summed E-state index contributed by atoms with van der Waals surface area (Å²) in [4.78, 5) is 36.8. The van der Waals surface area contributed by atoms with E-state index in [2.05, 4.69) is 23.7 Å². The molecule has 0 saturated carbocycles. The van der Waals surface area contributed by atoms with Gasteiger partial charge in [0.05, 0.1) is 16.2 Å². The third-order valence-corrected chi connectivity index (χ3v) is 9.30. The Labute approximate surface area is 288 Å². The summed E-state index contributed by atoms with van der Waals surface area (Å²) >= 11 is 0. The Morgan fingerprint density at radius 2 is 1.53 bits per heavy atom. The highest BCUT2D eigenvalue weighted by Crippen LogP contribution is 2.36. The van der Waals surface area contributed by atoms with Crippen molar-refractivity contribution in [1.29, 1.82) is 0 Å². The summed E-state index contributed by atoms with van der Waals surface area (Å²) in [5.74, 6) is -5.40. The van der Waals surface area contributed by atoms with Crippen molar-refractivity contribution in [2.24, 2.45) is 5.92 Å². The van der Waals surface area contributed by atoms with E-state index < -0.39 is 45.6 Å². The number of alkyl halides is 6. The van der Waals surface area contributed by atoms with E-state index in [0.29, 0.717) is 31.2 Å². The van der Waals surface area contributed by atoms with Gasteiger partial charge in [0.2, 0.25) is 5.91 Å². The van der Waals surface area contributed by atoms with E-state index in [1.807, 2.05) is 37.3 Å². The van der Waals surface area contributed by atoms with Gasteiger partial charge < -0.3 is 14.9 Å². The average Bonchev–Trinajstić information content (AvgIpc) is 3.38. The molecule has 0 bridgehead atoms. The SMILES string of the molecule is Cc1cc(COc2ccc(S(=O)(=O)CC3(CC(=O)NO)CCCN3CC(C)C)cc2)c2ccccc2n1.O=C(O)C(F)(F)F.O=C(O)C(F)(F)F. The standard InChI is InChI=1S/C28H35N3O5S.2C2HF3O2/c1-20(2)17-31-14-6-13-28(31,16-27(32)30-33)19-37(34,35)24-11-9-23(10-12-24)36-18-22-15-21(3)29-26-8-5-4-7-25(22)26;2*3-2(4,5)1(6)7/h4-5,7-12,15,20,33H,6,13-14,16-19H2,1-3H3,(H,30,32);2*(H,6,7). The number of benzene rings is 2. The maximum Gasteiger partial charge on any atom is 0.490 e. The number of carbonyl (C=O) groups is 3. The minimum absolute atomic E-state index is 0.0735. The number of carboxylic acids is 2. The highest BCUT2D eigenvalue weighted by atomic mass is 32.2. The summed E-state index contributed by atoms with van der Waals surface area (Å²) < 4.78 is 96.5. The second-order valence-corrected chi connectivity index (χ2v) is 13.9. The van der Waals surface area contributed by atoms with E-state index >= 15 is 0 Å². The number of aliphatic carboxylic acids is 2. The molecule has 12 nitrogen and oxygen atoms in total. The Kier molecular flexibility index (Phi) is 14.8. The van der Waals surface area contributed by atoms with E-state index in [-0.39, 0.29) is 17.1 Å². The lowest BCUT2D eigenvalue weighted by molar-refractivity contribution is -0.193. The van der Waals surface area contributed by atoms with E-state index in [1.165, 1.54) is 0 Å². The molecule has 4 N–H and O–H groups in total. The van der Waals surface area contributed by atoms with Crippen LogP contribution in [0.4, 0.5) is 26.3 Å². The van der Waals surface area contributed by atoms with Crippen molar-refractivity contribution >= 4 is 38.6 Å². The van der Waals surface area contributed by atoms with Crippen LogP contribution in [0.5, 0.6) is 5.75 Å². The normalized spacial score (nSPS) is 16.5. The number of rotatable bonds is 10. The second kappa shape index (κ2) is 17.6. The zero-order valence-corrected chi connectivity index (χ0v) is 28.4. The number of ether oxygens (including phenoxy) is 1. The highest BCUT2D eigenvalue weighted by molar-refractivity contribution is 7.91. The van der Waals surface area contributed by atoms with Crippen molar-refractivity contribution in [3.8, 4) is 5.75 Å². The molecule has 1 aliphatic heterocycles. The zero-order valence-electron chi connectivity index (χ0n) is 27.6. The number of fused-ring (bicyclic) bond motifs is 1. The number of amides is 1. The van der Waals surface area contributed by atoms with Crippen molar-refractivity contribution in [2.45, 2.75) is 69.4 Å². The van der Waals surface area contributed by atoms with Gasteiger partial charge in [-0.25, -0.2) is 23.5 Å². The minimum Gasteiger partial charge on any atom is -0.489 e. The van der Waals surface area contributed by atoms with E-state index in [0.717, 1.165) is 35.1 Å². The fraction of sp³-hybridized carbons (Fsp3) is 0.438. The van der Waals surface area contributed by atoms with Crippen LogP contribution in [0.2, 0.25) is 0 Å². The molecule has 3 aromatic rings. The van der Waals surface area contributed by atoms with Gasteiger partial charge in [-0.15, -0.1) is 0 Å². The van der Waals surface area contributed by atoms with Crippen LogP contribution in [0.25, 0.3) is 10.9 Å². The number of para-hydroxylation sites is 1. The van der Waals surface area contributed by atoms with Crippen LogP contribution >= 0.6 is 0 Å². The van der Waals surface area contributed by atoms with Crippen LogP contribution in [0.1, 0.15) is 44.4 Å². The number of aromatic nitrogens is 1. The van der Waals surface area contributed by atoms with Crippen molar-refractivity contribution in [3.63, 3.8) is 0 Å². The molecule has 282 valence electrons. The fourth-order valence-corrected chi connectivity index (χ4v) is 7.18. The number of halogens is 6. The molecule has 1 aromatic heterocycles. The van der Waals surface area contributed by atoms with Crippen molar-refractivity contribution in [3.05, 3.63) is 65.9 Å². The van der Waals surface area contributed by atoms with Crippen LogP contribution in [0.15, 0.2) is 59.5 Å². The average molecular weight is 754 g/mol. The molecule has 0 spiro atoms. The monoisotopic (exact) mass is 753 g/mol. The van der Waals surface area contributed by atoms with Gasteiger partial charge in [0, 0.05) is 35.1 Å². The van der Waals surface area contributed by atoms with Gasteiger partial charge in [-0.3, -0.25) is 19.9 Å². The quantitative estimate of drug-likeness (QED) is 0.116. The van der Waals surface area contributed by atoms with Gasteiger partial charge in [0.25, 0.3) is 0 Å². The number of hydrogen-bond acceptors (Lipinski definition) is 9. The van der Waals surface area contributed by atoms with Crippen molar-refractivity contribution in [2.75, 3.05) is 18.8 Å². The summed E-state index contributed by atoms with van der Waals surface area (Å²) in [6.07, 6.45) is -8.86. The molecule has 2 aromatic carbocycles. The summed E-state index contributed by atoms with van der Waals surface area (Å²) in [6.45, 7) is 7.82. The molecule has 1 saturated heterocycles. The number of likely N-dealkylation sites (tertiary alicyclic amines) is 1. The predicted molar refractivity (Wildman–Crippen MR) is 170 cm³/mol. The number of nitrogens with zero attached hydrogens (tertiary/aromatic N) is 2. The first kappa shape index (κ1) is 42.7. The summed E-state index contributed by atoms with van der Waals surface area (Å²) in [7, 11) is -3.71. The molecule has 19 heteroatoms. The maximum absolute atomic E-state index is 13.5. The molecule has 1 aliphatic rings. The van der Waals surface area contributed by atoms with Gasteiger partial charge in [0.1, 0.15) is 12.4 Å². The lowest BCUT2D eigenvalue weighted by Gasteiger charge is -2.38. The number of nitrogens with one attached hydrogen (secondary N) is 1. The number of aryl methyl sites for hydroxylation is 1. The first-order valence-corrected chi connectivity index (χ1v) is 16.7. The van der Waals surface area contributed by atoms with Crippen molar-refractivity contribution in [1.82, 2.24) is 15.4 Å². The fourth-order valence-electron chi connectivity index (χ4n) is 5.33. The van der Waals surface area contributed by atoms with E-state index in [1.54, 1.807) is 29.7 Å². The molecule has 1 fully saturated rings. The van der Waals surface area contributed by atoms with Crippen LogP contribution in [0, 0.1) is 12.8 Å². The Morgan fingerprint density at radius 3 is 2.04 bits per heavy atom. The van der Waals surface area contributed by atoms with Gasteiger partial charge in [-0.1, -0.05) is 32.0 Å². The van der Waals surface area contributed by atoms with Crippen LogP contribution in [0.3, 0.4) is 0 Å². The first-order valence-electron chi connectivity index (χ1n) is 15.1. The molecule has 0 radical (unpaired) electrons. The minimum atomic E-state index is -5.08. The molecule has 1 unspecified atom stereocenters. The Bertz CT molecular complexity index is 1740. The number of hydroxylamine groups is 1. The third kappa shape index (κ3) is 13.0. The molecular weight excluding hydrogens is 716 g/mol. The summed E-state index contributed by atoms with van der Waals surface area (Å²) in [6, 6.07) is 16.3. The van der Waals surface area contributed by atoms with E-state index in [9.17, 15) is 39.6 Å². The van der Waals surface area contributed by atoms with Gasteiger partial charge >= 0.3 is 24.3 Å².